The van der Waals surface area contributed by atoms with Gasteiger partial charge in [0.25, 0.3) is 15.9 Å². The van der Waals surface area contributed by atoms with Gasteiger partial charge in [-0.25, -0.2) is 23.1 Å². The highest BCUT2D eigenvalue weighted by Crippen LogP contribution is 2.45. The lowest BCUT2D eigenvalue weighted by atomic mass is 9.92. The molecule has 0 aliphatic carbocycles. The number of hydrogen-bond donors (Lipinski definition) is 0. The number of nitrogens with zero attached hydrogens (tertiary/aromatic N) is 6. The molecule has 222 valence electrons. The minimum absolute atomic E-state index is 0.00528. The molecule has 1 fully saturated rings. The molecule has 0 bridgehead atoms. The normalized spacial score (nSPS) is 19.2. The highest BCUT2D eigenvalue weighted by atomic mass is 79.9. The molecule has 0 N–H and O–H groups in total. The standard InChI is InChI=1S/C27H27BrCl2N6O5S/c1-17(37)32(3)26(39)33-8-10-34(11-9-33)42(40,41)23-16-31-25-35(22-13-20(29)12-21(30)14-22)24(38)27(2,36(23)25)15-18-4-6-19(28)7-5-18/h4-7,12-14,16H,8-11,15H2,1-3H3/t27-/m1/s1. The average Bonchev–Trinajstić information content (AvgIpc) is 3.47. The number of halogens is 3. The van der Waals surface area contributed by atoms with Crippen LogP contribution in [0.5, 0.6) is 0 Å². The third kappa shape index (κ3) is 5.32. The molecule has 1 atom stereocenters. The summed E-state index contributed by atoms with van der Waals surface area (Å²) < 4.78 is 31.8. The number of carbonyl (C=O) groups is 3. The van der Waals surface area contributed by atoms with E-state index in [0.29, 0.717) is 15.7 Å². The largest absolute Gasteiger partial charge is 0.326 e. The second-order valence-electron chi connectivity index (χ2n) is 10.3. The zero-order chi connectivity index (χ0) is 30.6. The van der Waals surface area contributed by atoms with Gasteiger partial charge in [0.15, 0.2) is 5.03 Å². The molecule has 11 nitrogen and oxygen atoms in total. The first kappa shape index (κ1) is 30.5. The fourth-order valence-electron chi connectivity index (χ4n) is 5.21. The first-order valence-electron chi connectivity index (χ1n) is 12.9. The molecule has 5 rings (SSSR count). The summed E-state index contributed by atoms with van der Waals surface area (Å²) in [4.78, 5) is 46.6. The summed E-state index contributed by atoms with van der Waals surface area (Å²) in [5, 5.41) is 0.461. The third-order valence-electron chi connectivity index (χ3n) is 7.51. The summed E-state index contributed by atoms with van der Waals surface area (Å²) in [6, 6.07) is 11.6. The Kier molecular flexibility index (Phi) is 8.18. The molecule has 4 amide bonds. The fraction of sp³-hybridized carbons (Fsp3) is 0.333. The van der Waals surface area contributed by atoms with Crippen molar-refractivity contribution in [2.45, 2.75) is 30.8 Å². The SMILES string of the molecule is CC(=O)N(C)C(=O)N1CCN(S(=O)(=O)c2cnc3n2[C@](C)(Cc2ccc(Br)cc2)C(=O)N3c2cc(Cl)cc(Cl)c2)CC1. The molecule has 15 heteroatoms. The molecular weight excluding hydrogens is 671 g/mol. The van der Waals surface area contributed by atoms with Gasteiger partial charge >= 0.3 is 6.03 Å². The lowest BCUT2D eigenvalue weighted by molar-refractivity contribution is -0.125. The predicted molar refractivity (Wildman–Crippen MR) is 162 cm³/mol. The van der Waals surface area contributed by atoms with Crippen LogP contribution in [0.2, 0.25) is 10.0 Å². The van der Waals surface area contributed by atoms with Crippen molar-refractivity contribution in [1.29, 1.82) is 0 Å². The highest BCUT2D eigenvalue weighted by molar-refractivity contribution is 9.10. The van der Waals surface area contributed by atoms with Crippen LogP contribution in [-0.2, 0) is 31.6 Å². The van der Waals surface area contributed by atoms with Crippen LogP contribution in [0.25, 0.3) is 0 Å². The smallest absolute Gasteiger partial charge is 0.322 e. The summed E-state index contributed by atoms with van der Waals surface area (Å²) in [5.74, 6) is -0.690. The van der Waals surface area contributed by atoms with E-state index < -0.39 is 33.4 Å². The van der Waals surface area contributed by atoms with E-state index in [1.165, 1.54) is 44.9 Å². The zero-order valence-electron chi connectivity index (χ0n) is 22.9. The van der Waals surface area contributed by atoms with Gasteiger partial charge in [0.1, 0.15) is 5.54 Å². The van der Waals surface area contributed by atoms with Gasteiger partial charge in [0.2, 0.25) is 11.9 Å². The van der Waals surface area contributed by atoms with E-state index >= 15 is 0 Å². The summed E-state index contributed by atoms with van der Waals surface area (Å²) >= 11 is 15.9. The number of aromatic nitrogens is 2. The van der Waals surface area contributed by atoms with Crippen LogP contribution in [0.3, 0.4) is 0 Å². The van der Waals surface area contributed by atoms with Crippen molar-refractivity contribution in [1.82, 2.24) is 23.7 Å². The van der Waals surface area contributed by atoms with Crippen LogP contribution in [-0.4, -0.2) is 83.1 Å². The number of amides is 4. The highest BCUT2D eigenvalue weighted by Gasteiger charge is 2.52. The monoisotopic (exact) mass is 696 g/mol. The molecule has 1 saturated heterocycles. The van der Waals surface area contributed by atoms with Crippen LogP contribution in [0, 0.1) is 0 Å². The summed E-state index contributed by atoms with van der Waals surface area (Å²) in [7, 11) is -2.79. The molecule has 3 heterocycles. The van der Waals surface area contributed by atoms with Crippen molar-refractivity contribution in [3.63, 3.8) is 0 Å². The molecule has 0 unspecified atom stereocenters. The van der Waals surface area contributed by atoms with Crippen molar-refractivity contribution in [3.05, 3.63) is 68.7 Å². The van der Waals surface area contributed by atoms with E-state index in [4.69, 9.17) is 23.2 Å². The van der Waals surface area contributed by atoms with E-state index in [1.54, 1.807) is 19.1 Å². The number of anilines is 2. The van der Waals surface area contributed by atoms with Crippen molar-refractivity contribution >= 4 is 78.6 Å². The number of urea groups is 1. The van der Waals surface area contributed by atoms with E-state index in [0.717, 1.165) is 14.9 Å². The Balaban J connectivity index is 1.54. The first-order valence-corrected chi connectivity index (χ1v) is 15.9. The molecular formula is C27H27BrCl2N6O5S. The van der Waals surface area contributed by atoms with Gasteiger partial charge < -0.3 is 4.90 Å². The lowest BCUT2D eigenvalue weighted by Crippen LogP contribution is -2.54. The number of benzene rings is 2. The molecule has 0 saturated carbocycles. The number of hydrogen-bond acceptors (Lipinski definition) is 6. The van der Waals surface area contributed by atoms with Gasteiger partial charge in [-0.1, -0.05) is 51.3 Å². The first-order chi connectivity index (χ1) is 19.7. The van der Waals surface area contributed by atoms with E-state index in [-0.39, 0.29) is 43.6 Å². The molecule has 2 aromatic carbocycles. The van der Waals surface area contributed by atoms with E-state index in [2.05, 4.69) is 20.9 Å². The number of fused-ring (bicyclic) bond motifs is 1. The minimum Gasteiger partial charge on any atom is -0.322 e. The Morgan fingerprint density at radius 1 is 1.05 bits per heavy atom. The maximum atomic E-state index is 14.2. The minimum atomic E-state index is -4.17. The van der Waals surface area contributed by atoms with Crippen molar-refractivity contribution < 1.29 is 22.8 Å². The summed E-state index contributed by atoms with van der Waals surface area (Å²) in [6.07, 6.45) is 1.42. The van der Waals surface area contributed by atoms with Crippen molar-refractivity contribution in [2.24, 2.45) is 0 Å². The average molecular weight is 698 g/mol. The molecule has 0 radical (unpaired) electrons. The summed E-state index contributed by atoms with van der Waals surface area (Å²) in [5.41, 5.74) is -0.210. The van der Waals surface area contributed by atoms with Gasteiger partial charge in [0, 0.05) is 61.1 Å². The molecule has 42 heavy (non-hydrogen) atoms. The van der Waals surface area contributed by atoms with E-state index in [1.807, 2.05) is 24.3 Å². The van der Waals surface area contributed by atoms with Crippen molar-refractivity contribution in [3.8, 4) is 0 Å². The molecule has 3 aromatic rings. The van der Waals surface area contributed by atoms with Gasteiger partial charge in [-0.15, -0.1) is 0 Å². The summed E-state index contributed by atoms with van der Waals surface area (Å²) in [6.45, 7) is 3.17. The number of rotatable bonds is 5. The Hall–Kier alpha value is -2.97. The molecule has 1 aromatic heterocycles. The van der Waals surface area contributed by atoms with Crippen LogP contribution >= 0.6 is 39.1 Å². The number of sulfonamides is 1. The topological polar surface area (TPSA) is 116 Å². The number of imidazole rings is 1. The number of imide groups is 1. The van der Waals surface area contributed by atoms with Gasteiger partial charge in [-0.2, -0.15) is 4.31 Å². The van der Waals surface area contributed by atoms with Gasteiger partial charge in [-0.05, 0) is 42.8 Å². The Labute approximate surface area is 261 Å². The second-order valence-corrected chi connectivity index (χ2v) is 14.0. The number of carbonyl (C=O) groups excluding carboxylic acids is 3. The molecule has 0 spiro atoms. The van der Waals surface area contributed by atoms with Gasteiger partial charge in [-0.3, -0.25) is 19.1 Å². The van der Waals surface area contributed by atoms with Crippen LogP contribution in [0.4, 0.5) is 16.4 Å². The van der Waals surface area contributed by atoms with Crippen LogP contribution in [0.1, 0.15) is 19.4 Å². The van der Waals surface area contributed by atoms with E-state index in [9.17, 15) is 22.8 Å². The quantitative estimate of drug-likeness (QED) is 0.388. The van der Waals surface area contributed by atoms with Crippen LogP contribution < -0.4 is 4.90 Å². The fourth-order valence-corrected chi connectivity index (χ4v) is 7.60. The predicted octanol–water partition coefficient (Wildman–Crippen LogP) is 4.49. The molecule has 2 aliphatic heterocycles. The third-order valence-corrected chi connectivity index (χ3v) is 10.3. The Bertz CT molecular complexity index is 1670. The Morgan fingerprint density at radius 2 is 1.64 bits per heavy atom. The maximum absolute atomic E-state index is 14.2. The maximum Gasteiger partial charge on any atom is 0.326 e. The zero-order valence-corrected chi connectivity index (χ0v) is 26.8. The van der Waals surface area contributed by atoms with Crippen LogP contribution in [0.15, 0.2) is 58.2 Å². The Morgan fingerprint density at radius 3 is 2.21 bits per heavy atom. The molecule has 2 aliphatic rings. The van der Waals surface area contributed by atoms with Crippen molar-refractivity contribution in [2.75, 3.05) is 38.1 Å². The second kappa shape index (κ2) is 11.3. The van der Waals surface area contributed by atoms with Gasteiger partial charge in [0.05, 0.1) is 11.9 Å². The number of piperazine rings is 1. The lowest BCUT2D eigenvalue weighted by Gasteiger charge is -2.35.